The number of nitrogens with zero attached hydrogens (tertiary/aromatic N) is 3. The van der Waals surface area contributed by atoms with Gasteiger partial charge in [0, 0.05) is 14.2 Å². The average Bonchev–Trinajstić information content (AvgIpc) is 2.86. The van der Waals surface area contributed by atoms with E-state index in [9.17, 15) is 5.11 Å². The highest BCUT2D eigenvalue weighted by molar-refractivity contribution is 5.08. The Bertz CT molecular complexity index is 331. The van der Waals surface area contributed by atoms with Gasteiger partial charge in [-0.3, -0.25) is 0 Å². The van der Waals surface area contributed by atoms with Crippen molar-refractivity contribution < 1.29 is 9.84 Å². The van der Waals surface area contributed by atoms with E-state index in [1.54, 1.807) is 25.0 Å². The van der Waals surface area contributed by atoms with Crippen molar-refractivity contribution >= 4 is 0 Å². The first-order valence-electron chi connectivity index (χ1n) is 5.27. The van der Waals surface area contributed by atoms with E-state index in [4.69, 9.17) is 4.74 Å². The van der Waals surface area contributed by atoms with E-state index < -0.39 is 11.7 Å². The van der Waals surface area contributed by atoms with Crippen molar-refractivity contribution in [3.8, 4) is 0 Å². The third-order valence-corrected chi connectivity index (χ3v) is 3.38. The van der Waals surface area contributed by atoms with Crippen molar-refractivity contribution in [2.75, 3.05) is 7.11 Å². The molecule has 1 heterocycles. The summed E-state index contributed by atoms with van der Waals surface area (Å²) in [4.78, 5) is 0. The molecule has 1 atom stereocenters. The molecule has 1 fully saturated rings. The molecule has 1 aromatic heterocycles. The highest BCUT2D eigenvalue weighted by atomic mass is 16.5. The van der Waals surface area contributed by atoms with Crippen LogP contribution in [0.5, 0.6) is 0 Å². The van der Waals surface area contributed by atoms with Gasteiger partial charge in [-0.05, 0) is 12.8 Å². The normalized spacial score (nSPS) is 21.8. The maximum atomic E-state index is 10.3. The molecule has 2 rings (SSSR count). The van der Waals surface area contributed by atoms with E-state index in [0.29, 0.717) is 0 Å². The number of rotatable bonds is 3. The van der Waals surface area contributed by atoms with Gasteiger partial charge in [0.25, 0.3) is 0 Å². The van der Waals surface area contributed by atoms with Crippen LogP contribution in [-0.4, -0.2) is 32.8 Å². The van der Waals surface area contributed by atoms with Crippen LogP contribution in [0.4, 0.5) is 0 Å². The topological polar surface area (TPSA) is 60.2 Å². The number of hydrogen-bond donors (Lipinski definition) is 1. The molecule has 1 aromatic rings. The Morgan fingerprint density at radius 3 is 2.67 bits per heavy atom. The SMILES string of the molecule is COC1(C(O)c2cnnn2C)CCCC1. The molecule has 5 nitrogen and oxygen atoms in total. The van der Waals surface area contributed by atoms with Gasteiger partial charge in [0.2, 0.25) is 0 Å². The van der Waals surface area contributed by atoms with E-state index in [0.717, 1.165) is 31.4 Å². The maximum Gasteiger partial charge on any atom is 0.126 e. The van der Waals surface area contributed by atoms with Crippen LogP contribution in [0, 0.1) is 0 Å². The van der Waals surface area contributed by atoms with Crippen LogP contribution in [0.15, 0.2) is 6.20 Å². The minimum absolute atomic E-state index is 0.435. The molecule has 0 amide bonds. The van der Waals surface area contributed by atoms with Crippen molar-refractivity contribution in [2.45, 2.75) is 37.4 Å². The maximum absolute atomic E-state index is 10.3. The summed E-state index contributed by atoms with van der Waals surface area (Å²) in [7, 11) is 3.45. The number of aliphatic hydroxyl groups is 1. The summed E-state index contributed by atoms with van der Waals surface area (Å²) in [6.45, 7) is 0. The Balaban J connectivity index is 2.26. The van der Waals surface area contributed by atoms with Crippen LogP contribution in [0.3, 0.4) is 0 Å². The van der Waals surface area contributed by atoms with Crippen LogP contribution < -0.4 is 0 Å². The van der Waals surface area contributed by atoms with Gasteiger partial charge in [-0.15, -0.1) is 5.10 Å². The summed E-state index contributed by atoms with van der Waals surface area (Å²) in [5, 5.41) is 17.9. The summed E-state index contributed by atoms with van der Waals surface area (Å²) in [5.74, 6) is 0. The molecule has 1 aliphatic carbocycles. The van der Waals surface area contributed by atoms with Gasteiger partial charge in [0.15, 0.2) is 0 Å². The third-order valence-electron chi connectivity index (χ3n) is 3.38. The zero-order valence-corrected chi connectivity index (χ0v) is 9.18. The lowest BCUT2D eigenvalue weighted by Crippen LogP contribution is -2.36. The van der Waals surface area contributed by atoms with Crippen molar-refractivity contribution in [1.82, 2.24) is 15.0 Å². The summed E-state index contributed by atoms with van der Waals surface area (Å²) in [6, 6.07) is 0. The second-order valence-corrected chi connectivity index (χ2v) is 4.16. The number of aliphatic hydroxyl groups excluding tert-OH is 1. The van der Waals surface area contributed by atoms with Gasteiger partial charge in [-0.25, -0.2) is 4.68 Å². The fraction of sp³-hybridized carbons (Fsp3) is 0.800. The average molecular weight is 211 g/mol. The van der Waals surface area contributed by atoms with Crippen LogP contribution >= 0.6 is 0 Å². The van der Waals surface area contributed by atoms with E-state index in [1.807, 2.05) is 0 Å². The predicted octanol–water partition coefficient (Wildman–Crippen LogP) is 0.808. The summed E-state index contributed by atoms with van der Waals surface area (Å²) in [5.41, 5.74) is 0.286. The number of ether oxygens (including phenoxy) is 1. The number of aryl methyl sites for hydroxylation is 1. The molecule has 0 saturated heterocycles. The molecule has 1 aliphatic rings. The quantitative estimate of drug-likeness (QED) is 0.803. The van der Waals surface area contributed by atoms with Crippen molar-refractivity contribution in [1.29, 1.82) is 0 Å². The van der Waals surface area contributed by atoms with Crippen LogP contribution in [-0.2, 0) is 11.8 Å². The largest absolute Gasteiger partial charge is 0.384 e. The molecular weight excluding hydrogens is 194 g/mol. The molecule has 1 N–H and O–H groups in total. The first kappa shape index (κ1) is 10.6. The van der Waals surface area contributed by atoms with Gasteiger partial charge >= 0.3 is 0 Å². The highest BCUT2D eigenvalue weighted by Gasteiger charge is 2.42. The Labute approximate surface area is 89.0 Å². The minimum Gasteiger partial charge on any atom is -0.384 e. The molecular formula is C10H17N3O2. The van der Waals surface area contributed by atoms with Gasteiger partial charge in [-0.1, -0.05) is 18.1 Å². The minimum atomic E-state index is -0.634. The molecule has 0 bridgehead atoms. The van der Waals surface area contributed by atoms with E-state index >= 15 is 0 Å². The van der Waals surface area contributed by atoms with Crippen LogP contribution in [0.25, 0.3) is 0 Å². The Kier molecular flexibility index (Phi) is 2.75. The fourth-order valence-corrected chi connectivity index (χ4v) is 2.38. The first-order chi connectivity index (χ1) is 7.19. The molecule has 0 spiro atoms. The molecule has 1 saturated carbocycles. The summed E-state index contributed by atoms with van der Waals surface area (Å²) in [6.07, 6.45) is 4.98. The lowest BCUT2D eigenvalue weighted by atomic mass is 9.92. The fourth-order valence-electron chi connectivity index (χ4n) is 2.38. The van der Waals surface area contributed by atoms with Gasteiger partial charge in [0.05, 0.1) is 17.5 Å². The van der Waals surface area contributed by atoms with E-state index in [2.05, 4.69) is 10.3 Å². The van der Waals surface area contributed by atoms with Crippen LogP contribution in [0.2, 0.25) is 0 Å². The predicted molar refractivity (Wildman–Crippen MR) is 54.2 cm³/mol. The number of aromatic nitrogens is 3. The van der Waals surface area contributed by atoms with Gasteiger partial charge in [0.1, 0.15) is 6.10 Å². The van der Waals surface area contributed by atoms with E-state index in [1.165, 1.54) is 0 Å². The first-order valence-corrected chi connectivity index (χ1v) is 5.27. The van der Waals surface area contributed by atoms with Crippen molar-refractivity contribution in [3.05, 3.63) is 11.9 Å². The molecule has 0 radical (unpaired) electrons. The smallest absolute Gasteiger partial charge is 0.126 e. The second kappa shape index (κ2) is 3.90. The van der Waals surface area contributed by atoms with Crippen molar-refractivity contribution in [2.24, 2.45) is 7.05 Å². The number of methoxy groups -OCH3 is 1. The molecule has 1 unspecified atom stereocenters. The summed E-state index contributed by atoms with van der Waals surface area (Å²) >= 11 is 0. The summed E-state index contributed by atoms with van der Waals surface area (Å²) < 4.78 is 7.12. The molecule has 15 heavy (non-hydrogen) atoms. The zero-order chi connectivity index (χ0) is 10.9. The number of hydrogen-bond acceptors (Lipinski definition) is 4. The lowest BCUT2D eigenvalue weighted by Gasteiger charge is -2.32. The monoisotopic (exact) mass is 211 g/mol. The Morgan fingerprint density at radius 1 is 1.53 bits per heavy atom. The molecule has 84 valence electrons. The van der Waals surface area contributed by atoms with Gasteiger partial charge in [-0.2, -0.15) is 0 Å². The molecule has 5 heteroatoms. The Hall–Kier alpha value is -0.940. The molecule has 0 aliphatic heterocycles. The Morgan fingerprint density at radius 2 is 2.20 bits per heavy atom. The zero-order valence-electron chi connectivity index (χ0n) is 9.18. The molecule has 0 aromatic carbocycles. The second-order valence-electron chi connectivity index (χ2n) is 4.16. The van der Waals surface area contributed by atoms with Crippen LogP contribution in [0.1, 0.15) is 37.5 Å². The van der Waals surface area contributed by atoms with Crippen molar-refractivity contribution in [3.63, 3.8) is 0 Å². The highest BCUT2D eigenvalue weighted by Crippen LogP contribution is 2.41. The third kappa shape index (κ3) is 1.66. The lowest BCUT2D eigenvalue weighted by molar-refractivity contribution is -0.103. The van der Waals surface area contributed by atoms with Gasteiger partial charge < -0.3 is 9.84 Å². The standard InChI is InChI=1S/C10H17N3O2/c1-13-8(7-11-12-13)9(14)10(15-2)5-3-4-6-10/h7,9,14H,3-6H2,1-2H3. The van der Waals surface area contributed by atoms with E-state index in [-0.39, 0.29) is 0 Å².